The van der Waals surface area contributed by atoms with E-state index in [-0.39, 0.29) is 0 Å². The maximum absolute atomic E-state index is 9.72. The van der Waals surface area contributed by atoms with Crippen molar-refractivity contribution in [3.05, 3.63) is 0 Å². The van der Waals surface area contributed by atoms with Gasteiger partial charge in [0.25, 0.3) is 0 Å². The topological polar surface area (TPSA) is 59.6 Å². The molecular weight excluding hydrogens is 234 g/mol. The van der Waals surface area contributed by atoms with Crippen LogP contribution in [0.25, 0.3) is 0 Å². The summed E-state index contributed by atoms with van der Waals surface area (Å²) in [5.41, 5.74) is -0.973. The van der Waals surface area contributed by atoms with Gasteiger partial charge >= 0.3 is 0 Å². The van der Waals surface area contributed by atoms with Crippen molar-refractivity contribution < 1.29 is 0 Å². The highest BCUT2D eigenvalue weighted by Gasteiger charge is 2.48. The van der Waals surface area contributed by atoms with Gasteiger partial charge in [0.2, 0.25) is 0 Å². The van der Waals surface area contributed by atoms with Crippen LogP contribution in [0.4, 0.5) is 0 Å². The van der Waals surface area contributed by atoms with Gasteiger partial charge < -0.3 is 0 Å². The Labute approximate surface area is 117 Å². The summed E-state index contributed by atoms with van der Waals surface area (Å²) in [6, 6.07) is 5.06. The van der Waals surface area contributed by atoms with Gasteiger partial charge in [-0.3, -0.25) is 5.32 Å². The van der Waals surface area contributed by atoms with Gasteiger partial charge in [-0.25, -0.2) is 0 Å². The molecule has 0 heterocycles. The maximum atomic E-state index is 9.72. The SMILES string of the molecule is CC1CCCCC1(C#N)NC1(C#N)CCCCC1C. The largest absolute Gasteiger partial charge is 0.281 e. The van der Waals surface area contributed by atoms with Crippen molar-refractivity contribution in [3.63, 3.8) is 0 Å². The molecule has 2 fully saturated rings. The Morgan fingerprint density at radius 3 is 1.58 bits per heavy atom. The predicted molar refractivity (Wildman–Crippen MR) is 75.1 cm³/mol. The number of hydrogen-bond donors (Lipinski definition) is 1. The molecule has 19 heavy (non-hydrogen) atoms. The van der Waals surface area contributed by atoms with E-state index < -0.39 is 11.1 Å². The van der Waals surface area contributed by atoms with E-state index in [4.69, 9.17) is 0 Å². The Kier molecular flexibility index (Phi) is 4.16. The van der Waals surface area contributed by atoms with Crippen LogP contribution in [-0.4, -0.2) is 11.1 Å². The standard InChI is InChI=1S/C16H25N3/c1-13-7-3-5-9-15(13,11-17)19-16(12-18)10-6-4-8-14(16)2/h13-14,19H,3-10H2,1-2H3. The lowest BCUT2D eigenvalue weighted by atomic mass is 9.68. The molecule has 104 valence electrons. The fraction of sp³-hybridized carbons (Fsp3) is 0.875. The van der Waals surface area contributed by atoms with Gasteiger partial charge in [0.15, 0.2) is 0 Å². The van der Waals surface area contributed by atoms with Crippen LogP contribution in [0, 0.1) is 34.5 Å². The highest BCUT2D eigenvalue weighted by molar-refractivity contribution is 5.21. The van der Waals surface area contributed by atoms with Crippen LogP contribution < -0.4 is 5.32 Å². The first kappa shape index (κ1) is 14.4. The molecular formula is C16H25N3. The lowest BCUT2D eigenvalue weighted by Crippen LogP contribution is -2.63. The van der Waals surface area contributed by atoms with Gasteiger partial charge in [0, 0.05) is 0 Å². The third kappa shape index (κ3) is 2.49. The van der Waals surface area contributed by atoms with Gasteiger partial charge in [-0.2, -0.15) is 10.5 Å². The van der Waals surface area contributed by atoms with E-state index in [1.165, 1.54) is 12.8 Å². The van der Waals surface area contributed by atoms with E-state index in [0.717, 1.165) is 38.5 Å². The van der Waals surface area contributed by atoms with E-state index in [9.17, 15) is 10.5 Å². The number of nitriles is 2. The summed E-state index contributed by atoms with van der Waals surface area (Å²) in [6.07, 6.45) is 8.58. The Morgan fingerprint density at radius 1 is 0.842 bits per heavy atom. The first-order chi connectivity index (χ1) is 9.08. The van der Waals surface area contributed by atoms with Crippen LogP contribution in [0.1, 0.15) is 65.2 Å². The molecule has 0 radical (unpaired) electrons. The van der Waals surface area contributed by atoms with Crippen molar-refractivity contribution in [2.75, 3.05) is 0 Å². The normalized spacial score (nSPS) is 43.2. The summed E-state index contributed by atoms with van der Waals surface area (Å²) < 4.78 is 0. The maximum Gasteiger partial charge on any atom is 0.110 e. The molecule has 0 amide bonds. The molecule has 1 N–H and O–H groups in total. The quantitative estimate of drug-likeness (QED) is 0.825. The molecule has 0 bridgehead atoms. The molecule has 2 saturated carbocycles. The zero-order valence-corrected chi connectivity index (χ0v) is 12.2. The summed E-state index contributed by atoms with van der Waals surface area (Å²) in [6.45, 7) is 4.32. The molecule has 2 aliphatic carbocycles. The number of hydrogen-bond acceptors (Lipinski definition) is 3. The minimum Gasteiger partial charge on any atom is -0.281 e. The first-order valence-corrected chi connectivity index (χ1v) is 7.70. The highest BCUT2D eigenvalue weighted by Crippen LogP contribution is 2.40. The summed E-state index contributed by atoms with van der Waals surface area (Å²) in [7, 11) is 0. The molecule has 0 aromatic rings. The average Bonchev–Trinajstić information content (AvgIpc) is 2.44. The lowest BCUT2D eigenvalue weighted by Gasteiger charge is -2.47. The van der Waals surface area contributed by atoms with Crippen LogP contribution in [0.2, 0.25) is 0 Å². The van der Waals surface area contributed by atoms with Crippen molar-refractivity contribution in [2.45, 2.75) is 76.3 Å². The summed E-state index contributed by atoms with van der Waals surface area (Å²) in [5, 5.41) is 23.0. The molecule has 3 nitrogen and oxygen atoms in total. The predicted octanol–water partition coefficient (Wildman–Crippen LogP) is 3.52. The van der Waals surface area contributed by atoms with Gasteiger partial charge in [0.1, 0.15) is 11.1 Å². The average molecular weight is 259 g/mol. The highest BCUT2D eigenvalue weighted by atomic mass is 15.1. The summed E-state index contributed by atoms with van der Waals surface area (Å²) in [5.74, 6) is 0.677. The minimum absolute atomic E-state index is 0.339. The Bertz CT molecular complexity index is 367. The van der Waals surface area contributed by atoms with Crippen LogP contribution in [0.5, 0.6) is 0 Å². The Morgan fingerprint density at radius 2 is 1.26 bits per heavy atom. The summed E-state index contributed by atoms with van der Waals surface area (Å²) in [4.78, 5) is 0. The minimum atomic E-state index is -0.487. The Hall–Kier alpha value is -1.06. The molecule has 0 saturated heterocycles. The van der Waals surface area contributed by atoms with Crippen molar-refractivity contribution in [2.24, 2.45) is 11.8 Å². The second-order valence-corrected chi connectivity index (χ2v) is 6.58. The molecule has 2 aliphatic rings. The van der Waals surface area contributed by atoms with Gasteiger partial charge in [-0.1, -0.05) is 39.5 Å². The third-order valence-electron chi connectivity index (χ3n) is 5.44. The molecule has 0 aromatic carbocycles. The second-order valence-electron chi connectivity index (χ2n) is 6.58. The fourth-order valence-corrected chi connectivity index (χ4v) is 3.85. The molecule has 0 aliphatic heterocycles. The molecule has 3 heteroatoms. The second kappa shape index (κ2) is 5.51. The first-order valence-electron chi connectivity index (χ1n) is 7.70. The number of nitrogens with one attached hydrogen (secondary N) is 1. The molecule has 0 aromatic heterocycles. The van der Waals surface area contributed by atoms with E-state index in [2.05, 4.69) is 31.3 Å². The van der Waals surface area contributed by atoms with Crippen LogP contribution in [-0.2, 0) is 0 Å². The van der Waals surface area contributed by atoms with Crippen molar-refractivity contribution in [1.29, 1.82) is 10.5 Å². The lowest BCUT2D eigenvalue weighted by molar-refractivity contribution is 0.116. The van der Waals surface area contributed by atoms with Gasteiger partial charge in [-0.15, -0.1) is 0 Å². The van der Waals surface area contributed by atoms with Crippen molar-refractivity contribution >= 4 is 0 Å². The smallest absolute Gasteiger partial charge is 0.110 e. The zero-order valence-electron chi connectivity index (χ0n) is 12.2. The van der Waals surface area contributed by atoms with Crippen molar-refractivity contribution in [3.8, 4) is 12.1 Å². The van der Waals surface area contributed by atoms with E-state index in [1.54, 1.807) is 0 Å². The van der Waals surface area contributed by atoms with Gasteiger partial charge in [-0.05, 0) is 37.5 Å². The summed E-state index contributed by atoms with van der Waals surface area (Å²) >= 11 is 0. The Balaban J connectivity index is 2.25. The van der Waals surface area contributed by atoms with E-state index >= 15 is 0 Å². The third-order valence-corrected chi connectivity index (χ3v) is 5.44. The molecule has 4 atom stereocenters. The van der Waals surface area contributed by atoms with Crippen LogP contribution in [0.3, 0.4) is 0 Å². The number of nitrogens with zero attached hydrogens (tertiary/aromatic N) is 2. The zero-order chi connectivity index (χ0) is 13.9. The van der Waals surface area contributed by atoms with Gasteiger partial charge in [0.05, 0.1) is 12.1 Å². The fourth-order valence-electron chi connectivity index (χ4n) is 3.85. The van der Waals surface area contributed by atoms with Crippen LogP contribution in [0.15, 0.2) is 0 Å². The van der Waals surface area contributed by atoms with E-state index in [0.29, 0.717) is 11.8 Å². The van der Waals surface area contributed by atoms with Crippen LogP contribution >= 0.6 is 0 Å². The molecule has 0 spiro atoms. The van der Waals surface area contributed by atoms with E-state index in [1.807, 2.05) is 0 Å². The monoisotopic (exact) mass is 259 g/mol. The molecule has 2 rings (SSSR count). The number of rotatable bonds is 2. The van der Waals surface area contributed by atoms with Crippen molar-refractivity contribution in [1.82, 2.24) is 5.32 Å². The molecule has 4 unspecified atom stereocenters.